The number of benzene rings is 2. The van der Waals surface area contributed by atoms with E-state index in [-0.39, 0.29) is 11.9 Å². The molecular weight excluding hydrogens is 213 g/mol. The first-order valence-corrected chi connectivity index (χ1v) is 5.74. The van der Waals surface area contributed by atoms with Crippen molar-refractivity contribution in [2.24, 2.45) is 0 Å². The lowest BCUT2D eigenvalue weighted by molar-refractivity contribution is 0.626. The van der Waals surface area contributed by atoms with Crippen LogP contribution in [0.15, 0.2) is 48.5 Å². The summed E-state index contributed by atoms with van der Waals surface area (Å²) < 4.78 is 13.0. The highest BCUT2D eigenvalue weighted by Crippen LogP contribution is 2.22. The van der Waals surface area contributed by atoms with Crippen molar-refractivity contribution in [1.29, 1.82) is 0 Å². The summed E-state index contributed by atoms with van der Waals surface area (Å²) in [5.74, 6) is -0.194. The molecular formula is C15H16FN. The van der Waals surface area contributed by atoms with Crippen LogP contribution in [-0.2, 0) is 0 Å². The van der Waals surface area contributed by atoms with Crippen molar-refractivity contribution < 1.29 is 4.39 Å². The molecule has 0 amide bonds. The molecule has 0 aliphatic rings. The lowest BCUT2D eigenvalue weighted by atomic mass is 10.1. The number of halogens is 1. The molecule has 0 bridgehead atoms. The molecule has 2 aromatic carbocycles. The molecule has 1 unspecified atom stereocenters. The van der Waals surface area contributed by atoms with Crippen molar-refractivity contribution in [2.75, 3.05) is 5.32 Å². The lowest BCUT2D eigenvalue weighted by Gasteiger charge is -2.17. The monoisotopic (exact) mass is 229 g/mol. The number of nitrogens with one attached hydrogen (secondary N) is 1. The van der Waals surface area contributed by atoms with Gasteiger partial charge in [-0.05, 0) is 43.2 Å². The van der Waals surface area contributed by atoms with Gasteiger partial charge in [0.05, 0.1) is 0 Å². The van der Waals surface area contributed by atoms with E-state index in [0.717, 1.165) is 11.3 Å². The molecule has 17 heavy (non-hydrogen) atoms. The third-order valence-electron chi connectivity index (χ3n) is 2.86. The predicted octanol–water partition coefficient (Wildman–Crippen LogP) is 4.31. The Balaban J connectivity index is 2.16. The topological polar surface area (TPSA) is 12.0 Å². The van der Waals surface area contributed by atoms with E-state index in [0.29, 0.717) is 0 Å². The zero-order chi connectivity index (χ0) is 12.3. The predicted molar refractivity (Wildman–Crippen MR) is 69.6 cm³/mol. The summed E-state index contributed by atoms with van der Waals surface area (Å²) in [6, 6.07) is 15.2. The van der Waals surface area contributed by atoms with Crippen LogP contribution in [0.2, 0.25) is 0 Å². The number of aryl methyl sites for hydroxylation is 1. The summed E-state index contributed by atoms with van der Waals surface area (Å²) in [5, 5.41) is 3.39. The van der Waals surface area contributed by atoms with Gasteiger partial charge >= 0.3 is 0 Å². The lowest BCUT2D eigenvalue weighted by Crippen LogP contribution is -2.07. The van der Waals surface area contributed by atoms with Crippen molar-refractivity contribution >= 4 is 5.69 Å². The Labute approximate surface area is 101 Å². The first-order chi connectivity index (χ1) is 8.16. The third-order valence-corrected chi connectivity index (χ3v) is 2.86. The van der Waals surface area contributed by atoms with Crippen LogP contribution in [0, 0.1) is 12.7 Å². The van der Waals surface area contributed by atoms with E-state index in [9.17, 15) is 4.39 Å². The van der Waals surface area contributed by atoms with Gasteiger partial charge in [0, 0.05) is 11.7 Å². The van der Waals surface area contributed by atoms with Gasteiger partial charge < -0.3 is 5.32 Å². The number of anilines is 1. The first kappa shape index (κ1) is 11.6. The Morgan fingerprint density at radius 1 is 1.06 bits per heavy atom. The molecule has 1 nitrogen and oxygen atoms in total. The zero-order valence-corrected chi connectivity index (χ0v) is 10.1. The van der Waals surface area contributed by atoms with Crippen LogP contribution in [0.1, 0.15) is 24.1 Å². The largest absolute Gasteiger partial charge is 0.378 e. The van der Waals surface area contributed by atoms with Gasteiger partial charge in [0.25, 0.3) is 0 Å². The maximum Gasteiger partial charge on any atom is 0.123 e. The highest BCUT2D eigenvalue weighted by atomic mass is 19.1. The molecule has 0 radical (unpaired) electrons. The molecule has 0 fully saturated rings. The number of rotatable bonds is 3. The molecule has 88 valence electrons. The van der Waals surface area contributed by atoms with Gasteiger partial charge in [0.15, 0.2) is 0 Å². The van der Waals surface area contributed by atoms with Crippen LogP contribution in [-0.4, -0.2) is 0 Å². The van der Waals surface area contributed by atoms with Crippen LogP contribution in [0.4, 0.5) is 10.1 Å². The van der Waals surface area contributed by atoms with Crippen molar-refractivity contribution in [3.8, 4) is 0 Å². The minimum Gasteiger partial charge on any atom is -0.378 e. The van der Waals surface area contributed by atoms with Crippen molar-refractivity contribution in [1.82, 2.24) is 0 Å². The summed E-state index contributed by atoms with van der Waals surface area (Å²) in [6.07, 6.45) is 0. The van der Waals surface area contributed by atoms with E-state index >= 15 is 0 Å². The number of hydrogen-bond acceptors (Lipinski definition) is 1. The maximum absolute atomic E-state index is 13.0. The van der Waals surface area contributed by atoms with Crippen LogP contribution in [0.5, 0.6) is 0 Å². The molecule has 1 atom stereocenters. The van der Waals surface area contributed by atoms with E-state index in [1.54, 1.807) is 12.1 Å². The van der Waals surface area contributed by atoms with E-state index in [1.807, 2.05) is 25.1 Å². The average molecular weight is 229 g/mol. The fraction of sp³-hybridized carbons (Fsp3) is 0.200. The van der Waals surface area contributed by atoms with Crippen molar-refractivity contribution in [3.05, 3.63) is 65.5 Å². The van der Waals surface area contributed by atoms with Gasteiger partial charge in [-0.3, -0.25) is 0 Å². The molecule has 0 saturated heterocycles. The summed E-state index contributed by atoms with van der Waals surface area (Å²) in [5.41, 5.74) is 3.12. The highest BCUT2D eigenvalue weighted by molar-refractivity contribution is 5.52. The fourth-order valence-electron chi connectivity index (χ4n) is 1.85. The fourth-order valence-corrected chi connectivity index (χ4v) is 1.85. The van der Waals surface area contributed by atoms with Crippen molar-refractivity contribution in [2.45, 2.75) is 19.9 Å². The summed E-state index contributed by atoms with van der Waals surface area (Å²) in [7, 11) is 0. The second-order valence-corrected chi connectivity index (χ2v) is 4.24. The number of hydrogen-bond donors (Lipinski definition) is 1. The normalized spacial score (nSPS) is 12.2. The highest BCUT2D eigenvalue weighted by Gasteiger charge is 2.06. The van der Waals surface area contributed by atoms with Crippen LogP contribution < -0.4 is 5.32 Å². The molecule has 0 aliphatic carbocycles. The quantitative estimate of drug-likeness (QED) is 0.827. The standard InChI is InChI=1S/C15H16FN/c1-11-10-14(16)8-9-15(11)17-12(2)13-6-4-3-5-7-13/h3-10,12,17H,1-2H3. The van der Waals surface area contributed by atoms with Gasteiger partial charge in [0.1, 0.15) is 5.82 Å². The Morgan fingerprint density at radius 2 is 1.76 bits per heavy atom. The molecule has 0 saturated carbocycles. The Kier molecular flexibility index (Phi) is 3.43. The summed E-state index contributed by atoms with van der Waals surface area (Å²) in [6.45, 7) is 4.00. The minimum absolute atomic E-state index is 0.194. The van der Waals surface area contributed by atoms with Gasteiger partial charge in [-0.1, -0.05) is 30.3 Å². The van der Waals surface area contributed by atoms with Crippen LogP contribution >= 0.6 is 0 Å². The summed E-state index contributed by atoms with van der Waals surface area (Å²) in [4.78, 5) is 0. The average Bonchev–Trinajstić information content (AvgIpc) is 2.34. The smallest absolute Gasteiger partial charge is 0.123 e. The zero-order valence-electron chi connectivity index (χ0n) is 10.1. The SMILES string of the molecule is Cc1cc(F)ccc1NC(C)c1ccccc1. The van der Waals surface area contributed by atoms with E-state index in [2.05, 4.69) is 24.4 Å². The molecule has 2 heteroatoms. The molecule has 0 aromatic heterocycles. The molecule has 0 aliphatic heterocycles. The molecule has 0 heterocycles. The third kappa shape index (κ3) is 2.84. The van der Waals surface area contributed by atoms with Gasteiger partial charge in [-0.2, -0.15) is 0 Å². The van der Waals surface area contributed by atoms with Gasteiger partial charge in [-0.15, -0.1) is 0 Å². The second-order valence-electron chi connectivity index (χ2n) is 4.24. The second kappa shape index (κ2) is 5.00. The summed E-state index contributed by atoms with van der Waals surface area (Å²) >= 11 is 0. The minimum atomic E-state index is -0.194. The van der Waals surface area contributed by atoms with E-state index in [1.165, 1.54) is 11.6 Å². The van der Waals surface area contributed by atoms with E-state index < -0.39 is 0 Å². The van der Waals surface area contributed by atoms with Gasteiger partial charge in [-0.25, -0.2) is 4.39 Å². The van der Waals surface area contributed by atoms with Crippen molar-refractivity contribution in [3.63, 3.8) is 0 Å². The van der Waals surface area contributed by atoms with Gasteiger partial charge in [0.2, 0.25) is 0 Å². The van der Waals surface area contributed by atoms with Crippen LogP contribution in [0.3, 0.4) is 0 Å². The maximum atomic E-state index is 13.0. The Morgan fingerprint density at radius 3 is 2.41 bits per heavy atom. The molecule has 2 aromatic rings. The molecule has 2 rings (SSSR count). The van der Waals surface area contributed by atoms with Crippen LogP contribution in [0.25, 0.3) is 0 Å². The van der Waals surface area contributed by atoms with E-state index in [4.69, 9.17) is 0 Å². The molecule has 1 N–H and O–H groups in total. The Hall–Kier alpha value is -1.83. The Bertz CT molecular complexity index is 494. The first-order valence-electron chi connectivity index (χ1n) is 5.74. The molecule has 0 spiro atoms.